The lowest BCUT2D eigenvalue weighted by atomic mass is 10.2. The number of hydrogen-bond acceptors (Lipinski definition) is 3. The molecular weight excluding hydrogens is 162 g/mol. The molecule has 1 atom stereocenters. The highest BCUT2D eigenvalue weighted by molar-refractivity contribution is 5.72. The topological polar surface area (TPSA) is 27.6 Å². The zero-order valence-electron chi connectivity index (χ0n) is 8.16. The van der Waals surface area contributed by atoms with Crippen molar-refractivity contribution in [1.82, 2.24) is 10.2 Å². The van der Waals surface area contributed by atoms with Gasteiger partial charge in [-0.3, -0.25) is 9.89 Å². The normalized spacial score (nSPS) is 33.6. The number of nitrogens with zero attached hydrogens (tertiary/aromatic N) is 2. The van der Waals surface area contributed by atoms with Crippen molar-refractivity contribution in [2.24, 2.45) is 4.99 Å². The molecule has 0 aromatic heterocycles. The van der Waals surface area contributed by atoms with Crippen LogP contribution in [-0.2, 0) is 0 Å². The molecule has 1 saturated heterocycles. The molecule has 0 aromatic rings. The average Bonchev–Trinajstić information content (AvgIpc) is 2.72. The first-order valence-corrected chi connectivity index (χ1v) is 5.10. The van der Waals surface area contributed by atoms with Crippen LogP contribution in [0.1, 0.15) is 26.2 Å². The summed E-state index contributed by atoms with van der Waals surface area (Å²) in [5.74, 6) is -0.134. The Balaban J connectivity index is 2.14. The van der Waals surface area contributed by atoms with Crippen molar-refractivity contribution in [3.63, 3.8) is 0 Å². The Hall–Kier alpha value is -0.830. The van der Waals surface area contributed by atoms with Crippen LogP contribution in [-0.4, -0.2) is 30.0 Å². The van der Waals surface area contributed by atoms with Crippen LogP contribution in [0.25, 0.3) is 0 Å². The van der Waals surface area contributed by atoms with Gasteiger partial charge in [-0.1, -0.05) is 6.92 Å². The highest BCUT2D eigenvalue weighted by atomic mass is 15.4. The molecule has 3 nitrogen and oxygen atoms in total. The zero-order valence-corrected chi connectivity index (χ0v) is 8.16. The van der Waals surface area contributed by atoms with E-state index in [0.717, 1.165) is 6.42 Å². The van der Waals surface area contributed by atoms with E-state index < -0.39 is 0 Å². The Morgan fingerprint density at radius 3 is 2.77 bits per heavy atom. The van der Waals surface area contributed by atoms with Crippen molar-refractivity contribution in [2.45, 2.75) is 32.0 Å². The third-order valence-electron chi connectivity index (χ3n) is 2.91. The van der Waals surface area contributed by atoms with Gasteiger partial charge in [0.05, 0.1) is 0 Å². The fourth-order valence-electron chi connectivity index (χ4n) is 2.11. The maximum atomic E-state index is 4.56. The summed E-state index contributed by atoms with van der Waals surface area (Å²) in [6.45, 7) is 4.53. The summed E-state index contributed by atoms with van der Waals surface area (Å²) in [7, 11) is 0. The molecule has 13 heavy (non-hydrogen) atoms. The Kier molecular flexibility index (Phi) is 2.36. The Bertz CT molecular complexity index is 228. The van der Waals surface area contributed by atoms with Gasteiger partial charge in [0.25, 0.3) is 0 Å². The molecule has 72 valence electrons. The smallest absolute Gasteiger partial charge is 0.186 e. The molecule has 3 heteroatoms. The number of aliphatic imine (C=N–C) groups is 1. The van der Waals surface area contributed by atoms with E-state index in [0.29, 0.717) is 0 Å². The second-order valence-corrected chi connectivity index (χ2v) is 3.65. The minimum atomic E-state index is -0.134. The molecule has 0 aromatic carbocycles. The first-order chi connectivity index (χ1) is 6.37. The first-order valence-electron chi connectivity index (χ1n) is 5.10. The lowest BCUT2D eigenvalue weighted by Gasteiger charge is -2.39. The summed E-state index contributed by atoms with van der Waals surface area (Å²) in [5.41, 5.74) is 0. The number of allylic oxidation sites excluding steroid dienone is 1. The Labute approximate surface area is 79.5 Å². The minimum Gasteiger partial charge on any atom is -0.355 e. The van der Waals surface area contributed by atoms with Gasteiger partial charge >= 0.3 is 0 Å². The molecule has 2 aliphatic heterocycles. The SMILES string of the molecule is CCC1(N2CCCC2)N=CC=CN1. The van der Waals surface area contributed by atoms with E-state index in [2.05, 4.69) is 22.1 Å². The van der Waals surface area contributed by atoms with Crippen molar-refractivity contribution in [3.8, 4) is 0 Å². The van der Waals surface area contributed by atoms with Gasteiger partial charge in [0.15, 0.2) is 5.79 Å². The maximum absolute atomic E-state index is 4.56. The molecule has 1 N–H and O–H groups in total. The first kappa shape index (κ1) is 8.75. The van der Waals surface area contributed by atoms with Crippen LogP contribution in [0.2, 0.25) is 0 Å². The zero-order chi connectivity index (χ0) is 9.15. The molecule has 0 radical (unpaired) electrons. The second-order valence-electron chi connectivity index (χ2n) is 3.65. The van der Waals surface area contributed by atoms with E-state index in [4.69, 9.17) is 0 Å². The molecule has 0 amide bonds. The Morgan fingerprint density at radius 2 is 2.23 bits per heavy atom. The quantitative estimate of drug-likeness (QED) is 0.692. The lowest BCUT2D eigenvalue weighted by molar-refractivity contribution is 0.0969. The van der Waals surface area contributed by atoms with Gasteiger partial charge in [-0.05, 0) is 18.9 Å². The van der Waals surface area contributed by atoms with Crippen LogP contribution in [0, 0.1) is 0 Å². The number of rotatable bonds is 2. The molecule has 2 aliphatic rings. The summed E-state index contributed by atoms with van der Waals surface area (Å²) in [6.07, 6.45) is 9.48. The molecule has 1 unspecified atom stereocenters. The molecule has 0 bridgehead atoms. The van der Waals surface area contributed by atoms with E-state index >= 15 is 0 Å². The van der Waals surface area contributed by atoms with Crippen molar-refractivity contribution in [2.75, 3.05) is 13.1 Å². The third-order valence-corrected chi connectivity index (χ3v) is 2.91. The Morgan fingerprint density at radius 1 is 1.46 bits per heavy atom. The van der Waals surface area contributed by atoms with E-state index in [-0.39, 0.29) is 5.79 Å². The number of nitrogens with one attached hydrogen (secondary N) is 1. The van der Waals surface area contributed by atoms with Gasteiger partial charge in [0.1, 0.15) is 0 Å². The molecule has 2 rings (SSSR count). The van der Waals surface area contributed by atoms with Gasteiger partial charge in [-0.15, -0.1) is 0 Å². The average molecular weight is 179 g/mol. The molecular formula is C10H17N3. The lowest BCUT2D eigenvalue weighted by Crippen LogP contribution is -2.55. The van der Waals surface area contributed by atoms with Crippen molar-refractivity contribution >= 4 is 6.21 Å². The van der Waals surface area contributed by atoms with Gasteiger partial charge in [0, 0.05) is 31.9 Å². The molecule has 0 spiro atoms. The highest BCUT2D eigenvalue weighted by Gasteiger charge is 2.35. The van der Waals surface area contributed by atoms with E-state index in [9.17, 15) is 0 Å². The highest BCUT2D eigenvalue weighted by Crippen LogP contribution is 2.24. The molecule has 0 aliphatic carbocycles. The predicted molar refractivity (Wildman–Crippen MR) is 54.6 cm³/mol. The maximum Gasteiger partial charge on any atom is 0.186 e. The largest absolute Gasteiger partial charge is 0.355 e. The fraction of sp³-hybridized carbons (Fsp3) is 0.700. The van der Waals surface area contributed by atoms with Crippen LogP contribution in [0.15, 0.2) is 17.3 Å². The third kappa shape index (κ3) is 1.48. The fourth-order valence-corrected chi connectivity index (χ4v) is 2.11. The van der Waals surface area contributed by atoms with Crippen molar-refractivity contribution in [3.05, 3.63) is 12.3 Å². The van der Waals surface area contributed by atoms with E-state index in [1.54, 1.807) is 0 Å². The van der Waals surface area contributed by atoms with Crippen LogP contribution in [0.3, 0.4) is 0 Å². The van der Waals surface area contributed by atoms with E-state index in [1.807, 2.05) is 18.5 Å². The van der Waals surface area contributed by atoms with Crippen LogP contribution in [0.5, 0.6) is 0 Å². The van der Waals surface area contributed by atoms with Gasteiger partial charge in [-0.25, -0.2) is 0 Å². The summed E-state index contributed by atoms with van der Waals surface area (Å²) in [5, 5.41) is 3.37. The van der Waals surface area contributed by atoms with Gasteiger partial charge in [0.2, 0.25) is 0 Å². The van der Waals surface area contributed by atoms with Crippen LogP contribution >= 0.6 is 0 Å². The van der Waals surface area contributed by atoms with Crippen molar-refractivity contribution < 1.29 is 0 Å². The van der Waals surface area contributed by atoms with E-state index in [1.165, 1.54) is 25.9 Å². The van der Waals surface area contributed by atoms with Gasteiger partial charge < -0.3 is 5.32 Å². The summed E-state index contributed by atoms with van der Waals surface area (Å²) in [4.78, 5) is 7.00. The standard InChI is InChI=1S/C10H17N3/c1-2-10(11-6-5-7-12-10)13-8-3-4-9-13/h5-7,11H,2-4,8-9H2,1H3. The minimum absolute atomic E-state index is 0.134. The predicted octanol–water partition coefficient (Wildman–Crippen LogP) is 1.33. The molecule has 0 saturated carbocycles. The number of hydrogen-bond donors (Lipinski definition) is 1. The van der Waals surface area contributed by atoms with Crippen LogP contribution < -0.4 is 5.32 Å². The molecule has 1 fully saturated rings. The van der Waals surface area contributed by atoms with Crippen LogP contribution in [0.4, 0.5) is 0 Å². The van der Waals surface area contributed by atoms with Crippen molar-refractivity contribution in [1.29, 1.82) is 0 Å². The second kappa shape index (κ2) is 3.50. The monoisotopic (exact) mass is 179 g/mol. The summed E-state index contributed by atoms with van der Waals surface area (Å²) >= 11 is 0. The summed E-state index contributed by atoms with van der Waals surface area (Å²) in [6, 6.07) is 0. The number of likely N-dealkylation sites (tertiary alicyclic amines) is 1. The van der Waals surface area contributed by atoms with Gasteiger partial charge in [-0.2, -0.15) is 0 Å². The molecule has 2 heterocycles. The summed E-state index contributed by atoms with van der Waals surface area (Å²) < 4.78 is 0.